The minimum Gasteiger partial charge on any atom is -0.395 e. The molecule has 0 aromatic heterocycles. The van der Waals surface area contributed by atoms with Crippen LogP contribution in [-0.2, 0) is 6.54 Å². The lowest BCUT2D eigenvalue weighted by Gasteiger charge is -2.30. The van der Waals surface area contributed by atoms with Crippen LogP contribution in [0.15, 0.2) is 18.2 Å². The van der Waals surface area contributed by atoms with Gasteiger partial charge in [0.15, 0.2) is 0 Å². The lowest BCUT2D eigenvalue weighted by molar-refractivity contribution is 0.299. The molecule has 1 rings (SSSR count). The second kappa shape index (κ2) is 6.09. The molecular weight excluding hydrogens is 224 g/mol. The Kier molecular flexibility index (Phi) is 5.06. The first kappa shape index (κ1) is 13.3. The fraction of sp³-hybridized carbons (Fsp3) is 0.500. The van der Waals surface area contributed by atoms with Crippen molar-refractivity contribution in [2.75, 3.05) is 18.1 Å². The van der Waals surface area contributed by atoms with Gasteiger partial charge in [-0.15, -0.1) is 0 Å². The summed E-state index contributed by atoms with van der Waals surface area (Å²) in [6, 6.07) is 5.98. The van der Waals surface area contributed by atoms with Crippen LogP contribution in [0.3, 0.4) is 0 Å². The molecule has 90 valence electrons. The van der Waals surface area contributed by atoms with Crippen LogP contribution in [0.1, 0.15) is 19.4 Å². The molecule has 1 aromatic carbocycles. The molecule has 0 aliphatic heterocycles. The Morgan fingerprint density at radius 1 is 1.44 bits per heavy atom. The number of nitrogens with two attached hydrogens (primary N) is 1. The number of aliphatic hydroxyl groups excluding tert-OH is 1. The summed E-state index contributed by atoms with van der Waals surface area (Å²) in [6.45, 7) is 5.34. The van der Waals surface area contributed by atoms with E-state index >= 15 is 0 Å². The van der Waals surface area contributed by atoms with Crippen molar-refractivity contribution in [1.82, 2.24) is 0 Å². The molecular formula is C12H19ClN2O. The predicted molar refractivity (Wildman–Crippen MR) is 68.9 cm³/mol. The first-order valence-corrected chi connectivity index (χ1v) is 5.84. The molecule has 0 fully saturated rings. The fourth-order valence-corrected chi connectivity index (χ4v) is 1.91. The highest BCUT2D eigenvalue weighted by Crippen LogP contribution is 2.26. The third-order valence-corrected chi connectivity index (χ3v) is 2.78. The van der Waals surface area contributed by atoms with Gasteiger partial charge in [-0.25, -0.2) is 0 Å². The van der Waals surface area contributed by atoms with E-state index in [-0.39, 0.29) is 6.61 Å². The molecule has 16 heavy (non-hydrogen) atoms. The highest BCUT2D eigenvalue weighted by atomic mass is 35.5. The quantitative estimate of drug-likeness (QED) is 0.831. The van der Waals surface area contributed by atoms with Gasteiger partial charge in [0.25, 0.3) is 0 Å². The van der Waals surface area contributed by atoms with Gasteiger partial charge in [0.2, 0.25) is 0 Å². The summed E-state index contributed by atoms with van der Waals surface area (Å²) in [6.07, 6.45) is 0. The van der Waals surface area contributed by atoms with Crippen LogP contribution < -0.4 is 10.6 Å². The lowest BCUT2D eigenvalue weighted by Crippen LogP contribution is -2.34. The maximum atomic E-state index is 9.07. The predicted octanol–water partition coefficient (Wildman–Crippen LogP) is 2.01. The minimum absolute atomic E-state index is 0.120. The highest BCUT2D eigenvalue weighted by molar-refractivity contribution is 6.30. The molecule has 3 N–H and O–H groups in total. The zero-order valence-corrected chi connectivity index (χ0v) is 10.5. The lowest BCUT2D eigenvalue weighted by atomic mass is 10.1. The van der Waals surface area contributed by atoms with Gasteiger partial charge in [0.1, 0.15) is 0 Å². The third-order valence-electron chi connectivity index (χ3n) is 2.54. The summed E-state index contributed by atoms with van der Waals surface area (Å²) >= 11 is 5.99. The van der Waals surface area contributed by atoms with Crippen molar-refractivity contribution in [3.63, 3.8) is 0 Å². The Labute approximate surface area is 102 Å². The number of rotatable bonds is 5. The van der Waals surface area contributed by atoms with Gasteiger partial charge >= 0.3 is 0 Å². The minimum atomic E-state index is 0.120. The smallest absolute Gasteiger partial charge is 0.0606 e. The van der Waals surface area contributed by atoms with E-state index < -0.39 is 0 Å². The van der Waals surface area contributed by atoms with E-state index in [2.05, 4.69) is 18.7 Å². The number of benzene rings is 1. The van der Waals surface area contributed by atoms with Crippen LogP contribution in [0.5, 0.6) is 0 Å². The van der Waals surface area contributed by atoms with Gasteiger partial charge in [-0.2, -0.15) is 0 Å². The van der Waals surface area contributed by atoms with E-state index in [4.69, 9.17) is 22.4 Å². The average molecular weight is 243 g/mol. The first-order valence-electron chi connectivity index (χ1n) is 5.46. The molecule has 0 bridgehead atoms. The zero-order valence-electron chi connectivity index (χ0n) is 9.78. The highest BCUT2D eigenvalue weighted by Gasteiger charge is 2.13. The normalized spacial score (nSPS) is 10.9. The van der Waals surface area contributed by atoms with Crippen LogP contribution in [0.2, 0.25) is 5.02 Å². The Morgan fingerprint density at radius 3 is 2.62 bits per heavy atom. The van der Waals surface area contributed by atoms with Crippen LogP contribution in [0.25, 0.3) is 0 Å². The molecule has 0 saturated heterocycles. The van der Waals surface area contributed by atoms with E-state index in [0.717, 1.165) is 11.3 Å². The van der Waals surface area contributed by atoms with Gasteiger partial charge in [-0.1, -0.05) is 17.7 Å². The first-order chi connectivity index (χ1) is 7.60. The summed E-state index contributed by atoms with van der Waals surface area (Å²) in [5, 5.41) is 9.76. The van der Waals surface area contributed by atoms with Gasteiger partial charge < -0.3 is 15.7 Å². The Bertz CT molecular complexity index is 342. The van der Waals surface area contributed by atoms with Crippen LogP contribution in [0.4, 0.5) is 5.69 Å². The number of nitrogens with zero attached hydrogens (tertiary/aromatic N) is 1. The molecule has 0 heterocycles. The van der Waals surface area contributed by atoms with Crippen LogP contribution in [-0.4, -0.2) is 24.3 Å². The second-order valence-electron chi connectivity index (χ2n) is 3.99. The Morgan fingerprint density at radius 2 is 2.12 bits per heavy atom. The molecule has 0 radical (unpaired) electrons. The number of hydrogen-bond donors (Lipinski definition) is 2. The largest absolute Gasteiger partial charge is 0.395 e. The van der Waals surface area contributed by atoms with E-state index in [1.54, 1.807) is 0 Å². The van der Waals surface area contributed by atoms with Crippen molar-refractivity contribution in [2.45, 2.75) is 26.4 Å². The summed E-state index contributed by atoms with van der Waals surface area (Å²) < 4.78 is 0. The average Bonchev–Trinajstić information content (AvgIpc) is 2.25. The number of aliphatic hydroxyl groups is 1. The van der Waals surface area contributed by atoms with E-state index in [1.807, 2.05) is 18.2 Å². The molecule has 0 saturated carbocycles. The SMILES string of the molecule is CC(C)N(CCO)c1cc(Cl)ccc1CN. The van der Waals surface area contributed by atoms with Crippen molar-refractivity contribution in [1.29, 1.82) is 0 Å². The number of anilines is 1. The molecule has 0 atom stereocenters. The summed E-state index contributed by atoms with van der Waals surface area (Å²) in [5.74, 6) is 0. The van der Waals surface area contributed by atoms with Crippen LogP contribution in [0, 0.1) is 0 Å². The fourth-order valence-electron chi connectivity index (χ4n) is 1.74. The van der Waals surface area contributed by atoms with Gasteiger partial charge in [0.05, 0.1) is 6.61 Å². The summed E-state index contributed by atoms with van der Waals surface area (Å²) in [7, 11) is 0. The van der Waals surface area contributed by atoms with Gasteiger partial charge in [-0.3, -0.25) is 0 Å². The summed E-state index contributed by atoms with van der Waals surface area (Å²) in [4.78, 5) is 2.11. The molecule has 0 aliphatic carbocycles. The van der Waals surface area contributed by atoms with Gasteiger partial charge in [0, 0.05) is 29.8 Å². The van der Waals surface area contributed by atoms with Crippen LogP contribution >= 0.6 is 11.6 Å². The van der Waals surface area contributed by atoms with E-state index in [1.165, 1.54) is 0 Å². The number of hydrogen-bond acceptors (Lipinski definition) is 3. The van der Waals surface area contributed by atoms with E-state index in [0.29, 0.717) is 24.2 Å². The molecule has 0 unspecified atom stereocenters. The second-order valence-corrected chi connectivity index (χ2v) is 4.42. The molecule has 0 amide bonds. The van der Waals surface area contributed by atoms with Gasteiger partial charge in [-0.05, 0) is 31.5 Å². The van der Waals surface area contributed by atoms with Crippen molar-refractivity contribution < 1.29 is 5.11 Å². The molecule has 3 nitrogen and oxygen atoms in total. The molecule has 1 aromatic rings. The van der Waals surface area contributed by atoms with Crippen molar-refractivity contribution in [3.05, 3.63) is 28.8 Å². The standard InChI is InChI=1S/C12H19ClN2O/c1-9(2)15(5-6-16)12-7-11(13)4-3-10(12)8-14/h3-4,7,9,16H,5-6,8,14H2,1-2H3. The molecule has 0 aliphatic rings. The van der Waals surface area contributed by atoms with E-state index in [9.17, 15) is 0 Å². The topological polar surface area (TPSA) is 49.5 Å². The Hall–Kier alpha value is -0.770. The number of halogens is 1. The van der Waals surface area contributed by atoms with Crippen molar-refractivity contribution in [2.24, 2.45) is 5.73 Å². The maximum absolute atomic E-state index is 9.07. The molecule has 4 heteroatoms. The summed E-state index contributed by atoms with van der Waals surface area (Å²) in [5.41, 5.74) is 7.76. The monoisotopic (exact) mass is 242 g/mol. The third kappa shape index (κ3) is 3.11. The molecule has 0 spiro atoms. The van der Waals surface area contributed by atoms with Crippen molar-refractivity contribution in [3.8, 4) is 0 Å². The maximum Gasteiger partial charge on any atom is 0.0606 e. The zero-order chi connectivity index (χ0) is 12.1. The van der Waals surface area contributed by atoms with Crippen molar-refractivity contribution >= 4 is 17.3 Å². The Balaban J connectivity index is 3.10.